The van der Waals surface area contributed by atoms with Gasteiger partial charge in [-0.3, -0.25) is 4.79 Å². The van der Waals surface area contributed by atoms with Crippen molar-refractivity contribution in [1.82, 2.24) is 4.98 Å². The number of ketones is 1. The Morgan fingerprint density at radius 1 is 1.30 bits per heavy atom. The highest BCUT2D eigenvalue weighted by Gasteiger charge is 2.28. The Balaban J connectivity index is 2.14. The summed E-state index contributed by atoms with van der Waals surface area (Å²) in [6.07, 6.45) is 1.46. The zero-order valence-corrected chi connectivity index (χ0v) is 13.4. The second-order valence-electron chi connectivity index (χ2n) is 5.46. The van der Waals surface area contributed by atoms with E-state index in [1.807, 2.05) is 0 Å². The lowest BCUT2D eigenvalue weighted by Crippen LogP contribution is -2.25. The number of aryl methyl sites for hydroxylation is 1. The standard InChI is InChI=1S/C16H17BClNO4/c1-10-3-2-4-11(16(10)21)7-13(17(22)23)8-14(20)12-5-6-15(18)19-9-12/h2-6,9,13,21-23H,7-8H2,1H3. The highest BCUT2D eigenvalue weighted by Crippen LogP contribution is 2.29. The largest absolute Gasteiger partial charge is 0.507 e. The van der Waals surface area contributed by atoms with Gasteiger partial charge in [0.2, 0.25) is 0 Å². The lowest BCUT2D eigenvalue weighted by Gasteiger charge is -2.16. The summed E-state index contributed by atoms with van der Waals surface area (Å²) in [6.45, 7) is 1.76. The minimum Gasteiger partial charge on any atom is -0.507 e. The van der Waals surface area contributed by atoms with Crippen molar-refractivity contribution in [2.24, 2.45) is 0 Å². The van der Waals surface area contributed by atoms with Gasteiger partial charge in [-0.1, -0.05) is 29.8 Å². The molecule has 120 valence electrons. The Morgan fingerprint density at radius 2 is 2.04 bits per heavy atom. The molecule has 1 unspecified atom stereocenters. The fraction of sp³-hybridized carbons (Fsp3) is 0.250. The molecule has 23 heavy (non-hydrogen) atoms. The van der Waals surface area contributed by atoms with E-state index in [1.165, 1.54) is 12.3 Å². The fourth-order valence-corrected chi connectivity index (χ4v) is 2.46. The Bertz CT molecular complexity index is 691. The van der Waals surface area contributed by atoms with E-state index < -0.39 is 12.9 Å². The van der Waals surface area contributed by atoms with Gasteiger partial charge in [-0.25, -0.2) is 4.98 Å². The second-order valence-corrected chi connectivity index (χ2v) is 5.84. The molecule has 1 atom stereocenters. The fourth-order valence-electron chi connectivity index (χ4n) is 2.35. The molecule has 7 heteroatoms. The molecule has 0 amide bonds. The molecule has 0 aliphatic carbocycles. The van der Waals surface area contributed by atoms with Gasteiger partial charge in [0.15, 0.2) is 5.78 Å². The number of phenols is 1. The first kappa shape index (κ1) is 17.5. The van der Waals surface area contributed by atoms with Gasteiger partial charge in [0, 0.05) is 24.0 Å². The summed E-state index contributed by atoms with van der Waals surface area (Å²) >= 11 is 5.68. The van der Waals surface area contributed by atoms with Crippen LogP contribution in [-0.4, -0.2) is 33.0 Å². The number of phenolic OH excluding ortho intramolecular Hbond substituents is 1. The van der Waals surface area contributed by atoms with Crippen LogP contribution in [0.2, 0.25) is 11.0 Å². The molecule has 2 rings (SSSR count). The van der Waals surface area contributed by atoms with Crippen LogP contribution in [0.5, 0.6) is 5.75 Å². The maximum atomic E-state index is 12.2. The van der Waals surface area contributed by atoms with Gasteiger partial charge in [-0.05, 0) is 36.6 Å². The topological polar surface area (TPSA) is 90.7 Å². The molecule has 2 aromatic rings. The number of hydrogen-bond donors (Lipinski definition) is 3. The second kappa shape index (κ2) is 7.59. The molecule has 1 aromatic carbocycles. The average Bonchev–Trinajstić information content (AvgIpc) is 2.51. The molecule has 0 spiro atoms. The summed E-state index contributed by atoms with van der Waals surface area (Å²) < 4.78 is 0. The van der Waals surface area contributed by atoms with Gasteiger partial charge in [0.25, 0.3) is 0 Å². The monoisotopic (exact) mass is 333 g/mol. The Labute approximate surface area is 139 Å². The summed E-state index contributed by atoms with van der Waals surface area (Å²) in [5.74, 6) is -0.885. The quantitative estimate of drug-likeness (QED) is 0.429. The van der Waals surface area contributed by atoms with Crippen LogP contribution in [0.1, 0.15) is 27.9 Å². The highest BCUT2D eigenvalue weighted by molar-refractivity contribution is 6.43. The molecule has 1 heterocycles. The zero-order chi connectivity index (χ0) is 17.0. The van der Waals surface area contributed by atoms with Crippen LogP contribution in [0.25, 0.3) is 0 Å². The molecule has 5 nitrogen and oxygen atoms in total. The highest BCUT2D eigenvalue weighted by atomic mass is 35.5. The first-order chi connectivity index (χ1) is 10.9. The number of carbonyl (C=O) groups excluding carboxylic acids is 1. The van der Waals surface area contributed by atoms with Crippen LogP contribution in [-0.2, 0) is 6.42 Å². The third-order valence-electron chi connectivity index (χ3n) is 3.72. The lowest BCUT2D eigenvalue weighted by molar-refractivity contribution is 0.0975. The molecule has 3 N–H and O–H groups in total. The van der Waals surface area contributed by atoms with Gasteiger partial charge in [0.1, 0.15) is 10.9 Å². The summed E-state index contributed by atoms with van der Waals surface area (Å²) in [6, 6.07) is 8.28. The van der Waals surface area contributed by atoms with E-state index in [1.54, 1.807) is 31.2 Å². The van der Waals surface area contributed by atoms with E-state index in [-0.39, 0.29) is 29.5 Å². The van der Waals surface area contributed by atoms with Gasteiger partial charge < -0.3 is 15.2 Å². The van der Waals surface area contributed by atoms with E-state index >= 15 is 0 Å². The van der Waals surface area contributed by atoms with Crippen LogP contribution in [0.3, 0.4) is 0 Å². The van der Waals surface area contributed by atoms with E-state index in [2.05, 4.69) is 4.98 Å². The number of hydrogen-bond acceptors (Lipinski definition) is 5. The number of rotatable bonds is 6. The molecule has 1 aromatic heterocycles. The van der Waals surface area contributed by atoms with Gasteiger partial charge in [-0.2, -0.15) is 0 Å². The van der Waals surface area contributed by atoms with Crippen molar-refractivity contribution in [3.63, 3.8) is 0 Å². The summed E-state index contributed by atoms with van der Waals surface area (Å²) in [5.41, 5.74) is 1.63. The van der Waals surface area contributed by atoms with Crippen LogP contribution in [0.15, 0.2) is 36.5 Å². The Kier molecular flexibility index (Phi) is 5.77. The van der Waals surface area contributed by atoms with Crippen molar-refractivity contribution in [3.05, 3.63) is 58.4 Å². The number of pyridine rings is 1. The summed E-state index contributed by atoms with van der Waals surface area (Å²) in [7, 11) is -1.67. The minimum absolute atomic E-state index is 0.0750. The third kappa shape index (κ3) is 4.54. The molecule has 0 bridgehead atoms. The maximum Gasteiger partial charge on any atom is 0.455 e. The lowest BCUT2D eigenvalue weighted by atomic mass is 9.66. The summed E-state index contributed by atoms with van der Waals surface area (Å²) in [5, 5.41) is 29.4. The summed E-state index contributed by atoms with van der Waals surface area (Å²) in [4.78, 5) is 16.1. The first-order valence-electron chi connectivity index (χ1n) is 7.17. The van der Waals surface area contributed by atoms with Crippen LogP contribution in [0, 0.1) is 6.92 Å². The Morgan fingerprint density at radius 3 is 2.65 bits per heavy atom. The predicted molar refractivity (Wildman–Crippen MR) is 88.7 cm³/mol. The average molecular weight is 334 g/mol. The molecule has 0 radical (unpaired) electrons. The van der Waals surface area contributed by atoms with Crippen molar-refractivity contribution in [2.45, 2.75) is 25.6 Å². The number of carbonyl (C=O) groups is 1. The van der Waals surface area contributed by atoms with Crippen molar-refractivity contribution in [1.29, 1.82) is 0 Å². The number of para-hydroxylation sites is 1. The molecule has 0 saturated carbocycles. The molecule has 0 fully saturated rings. The van der Waals surface area contributed by atoms with Crippen LogP contribution >= 0.6 is 11.6 Å². The molecule has 0 saturated heterocycles. The van der Waals surface area contributed by atoms with Crippen molar-refractivity contribution < 1.29 is 19.9 Å². The van der Waals surface area contributed by atoms with Crippen LogP contribution in [0.4, 0.5) is 0 Å². The smallest absolute Gasteiger partial charge is 0.455 e. The number of Topliss-reactive ketones (excluding diaryl/α,β-unsaturated/α-hetero) is 1. The van der Waals surface area contributed by atoms with E-state index in [9.17, 15) is 19.9 Å². The predicted octanol–water partition coefficient (Wildman–Crippen LogP) is 2.41. The van der Waals surface area contributed by atoms with Gasteiger partial charge in [0.05, 0.1) is 0 Å². The molecular weight excluding hydrogens is 316 g/mol. The van der Waals surface area contributed by atoms with Crippen molar-refractivity contribution in [3.8, 4) is 5.75 Å². The number of halogens is 1. The molecular formula is C16H17BClNO4. The molecule has 0 aliphatic heterocycles. The number of benzene rings is 1. The number of nitrogens with zero attached hydrogens (tertiary/aromatic N) is 1. The van der Waals surface area contributed by atoms with E-state index in [0.717, 1.165) is 0 Å². The number of aromatic hydroxyl groups is 1. The SMILES string of the molecule is Cc1cccc(CC(CC(=O)c2ccc(Cl)nc2)B(O)O)c1O. The van der Waals surface area contributed by atoms with E-state index in [4.69, 9.17) is 11.6 Å². The van der Waals surface area contributed by atoms with E-state index in [0.29, 0.717) is 16.7 Å². The zero-order valence-electron chi connectivity index (χ0n) is 12.6. The third-order valence-corrected chi connectivity index (χ3v) is 3.95. The van der Waals surface area contributed by atoms with Crippen molar-refractivity contribution in [2.75, 3.05) is 0 Å². The normalized spacial score (nSPS) is 12.0. The van der Waals surface area contributed by atoms with Gasteiger partial charge >= 0.3 is 7.12 Å². The van der Waals surface area contributed by atoms with Crippen molar-refractivity contribution >= 4 is 24.5 Å². The maximum absolute atomic E-state index is 12.2. The molecule has 0 aliphatic rings. The Hall–Kier alpha value is -1.89. The first-order valence-corrected chi connectivity index (χ1v) is 7.54. The van der Waals surface area contributed by atoms with Gasteiger partial charge in [-0.15, -0.1) is 0 Å². The van der Waals surface area contributed by atoms with Crippen LogP contribution < -0.4 is 0 Å². The minimum atomic E-state index is -1.67. The number of aromatic nitrogens is 1.